The molecule has 1 aromatic carbocycles. The quantitative estimate of drug-likeness (QED) is 0.701. The Kier molecular flexibility index (Phi) is 2.30. The lowest BCUT2D eigenvalue weighted by Crippen LogP contribution is -1.90. The van der Waals surface area contributed by atoms with E-state index in [1.54, 1.807) is 4.68 Å². The summed E-state index contributed by atoms with van der Waals surface area (Å²) in [6.07, 6.45) is 1.91. The maximum atomic E-state index is 6.12. The van der Waals surface area contributed by atoms with Gasteiger partial charge >= 0.3 is 0 Å². The molecule has 2 nitrogen and oxygen atoms in total. The van der Waals surface area contributed by atoms with E-state index >= 15 is 0 Å². The number of halogens is 1. The van der Waals surface area contributed by atoms with Crippen LogP contribution < -0.4 is 0 Å². The van der Waals surface area contributed by atoms with E-state index in [1.807, 2.05) is 44.4 Å². The second-order valence-electron chi connectivity index (χ2n) is 3.31. The van der Waals surface area contributed by atoms with Gasteiger partial charge in [0.2, 0.25) is 0 Å². The molecule has 0 amide bonds. The fourth-order valence-corrected chi connectivity index (χ4v) is 1.82. The summed E-state index contributed by atoms with van der Waals surface area (Å²) in [7, 11) is 1.90. The molecule has 0 bridgehead atoms. The van der Waals surface area contributed by atoms with E-state index in [9.17, 15) is 0 Å². The van der Waals surface area contributed by atoms with E-state index in [4.69, 9.17) is 11.6 Å². The van der Waals surface area contributed by atoms with Gasteiger partial charge in [-0.25, -0.2) is 0 Å². The van der Waals surface area contributed by atoms with Crippen molar-refractivity contribution in [3.63, 3.8) is 0 Å². The van der Waals surface area contributed by atoms with Crippen LogP contribution in [0.5, 0.6) is 0 Å². The van der Waals surface area contributed by atoms with Gasteiger partial charge in [-0.15, -0.1) is 0 Å². The van der Waals surface area contributed by atoms with Crippen molar-refractivity contribution in [3.05, 3.63) is 41.0 Å². The predicted octanol–water partition coefficient (Wildman–Crippen LogP) is 3.05. The third-order valence-corrected chi connectivity index (χ3v) is 2.51. The second kappa shape index (κ2) is 3.46. The summed E-state index contributed by atoms with van der Waals surface area (Å²) in [6, 6.07) is 7.84. The second-order valence-corrected chi connectivity index (χ2v) is 3.71. The maximum Gasteiger partial charge on any atom is 0.0940 e. The van der Waals surface area contributed by atoms with E-state index in [0.29, 0.717) is 0 Å². The van der Waals surface area contributed by atoms with E-state index in [0.717, 1.165) is 21.8 Å². The molecular formula is C11H11ClN2. The fraction of sp³-hybridized carbons (Fsp3) is 0.182. The Hall–Kier alpha value is -1.28. The Morgan fingerprint density at radius 1 is 1.29 bits per heavy atom. The van der Waals surface area contributed by atoms with E-state index in [-0.39, 0.29) is 0 Å². The van der Waals surface area contributed by atoms with E-state index in [2.05, 4.69) is 5.10 Å². The molecule has 1 heterocycles. The molecule has 14 heavy (non-hydrogen) atoms. The highest BCUT2D eigenvalue weighted by Crippen LogP contribution is 2.29. The molecule has 2 rings (SSSR count). The van der Waals surface area contributed by atoms with Crippen LogP contribution in [0.1, 0.15) is 5.56 Å². The van der Waals surface area contributed by atoms with Gasteiger partial charge in [0.05, 0.1) is 10.7 Å². The Morgan fingerprint density at radius 2 is 2.07 bits per heavy atom. The lowest BCUT2D eigenvalue weighted by Gasteiger charge is -2.04. The number of benzene rings is 1. The van der Waals surface area contributed by atoms with Crippen LogP contribution in [0, 0.1) is 6.92 Å². The molecule has 0 radical (unpaired) electrons. The summed E-state index contributed by atoms with van der Waals surface area (Å²) in [5.41, 5.74) is 3.10. The van der Waals surface area contributed by atoms with Crippen molar-refractivity contribution in [2.45, 2.75) is 6.92 Å². The molecule has 0 spiro atoms. The molecule has 0 fully saturated rings. The van der Waals surface area contributed by atoms with Crippen LogP contribution in [0.2, 0.25) is 5.02 Å². The predicted molar refractivity (Wildman–Crippen MR) is 58.4 cm³/mol. The largest absolute Gasteiger partial charge is 0.275 e. The smallest absolute Gasteiger partial charge is 0.0940 e. The van der Waals surface area contributed by atoms with Gasteiger partial charge < -0.3 is 0 Å². The normalized spacial score (nSPS) is 10.5. The highest BCUT2D eigenvalue weighted by Gasteiger charge is 2.08. The monoisotopic (exact) mass is 206 g/mol. The minimum absolute atomic E-state index is 0.753. The molecule has 2 aromatic rings. The first kappa shape index (κ1) is 9.28. The Balaban J connectivity index is 2.61. The Labute approximate surface area is 88.1 Å². The molecule has 0 unspecified atom stereocenters. The van der Waals surface area contributed by atoms with Crippen LogP contribution in [-0.2, 0) is 7.05 Å². The van der Waals surface area contributed by atoms with Gasteiger partial charge in [-0.05, 0) is 24.6 Å². The van der Waals surface area contributed by atoms with Crippen LogP contribution in [-0.4, -0.2) is 9.78 Å². The zero-order valence-electron chi connectivity index (χ0n) is 8.16. The summed E-state index contributed by atoms with van der Waals surface area (Å²) in [6.45, 7) is 2.04. The standard InChI is InChI=1S/C11H11ClN2/c1-8-4-3-5-9(12)11(8)10-6-7-14(2)13-10/h3-7H,1-2H3. The van der Waals surface area contributed by atoms with Gasteiger partial charge in [0.15, 0.2) is 0 Å². The maximum absolute atomic E-state index is 6.12. The van der Waals surface area contributed by atoms with E-state index < -0.39 is 0 Å². The van der Waals surface area contributed by atoms with Crippen molar-refractivity contribution in [1.29, 1.82) is 0 Å². The van der Waals surface area contributed by atoms with Crippen molar-refractivity contribution in [2.75, 3.05) is 0 Å². The van der Waals surface area contributed by atoms with Gasteiger partial charge in [0.25, 0.3) is 0 Å². The summed E-state index contributed by atoms with van der Waals surface area (Å²) < 4.78 is 1.78. The number of hydrogen-bond acceptors (Lipinski definition) is 1. The average Bonchev–Trinajstić information content (AvgIpc) is 2.51. The summed E-state index contributed by atoms with van der Waals surface area (Å²) in [5, 5.41) is 5.09. The third-order valence-electron chi connectivity index (χ3n) is 2.19. The molecule has 1 aromatic heterocycles. The molecule has 0 N–H and O–H groups in total. The fourth-order valence-electron chi connectivity index (χ4n) is 1.50. The lowest BCUT2D eigenvalue weighted by atomic mass is 10.1. The van der Waals surface area contributed by atoms with Crippen molar-refractivity contribution in [3.8, 4) is 11.3 Å². The molecule has 0 aliphatic heterocycles. The number of rotatable bonds is 1. The van der Waals surface area contributed by atoms with Crippen LogP contribution in [0.15, 0.2) is 30.5 Å². The van der Waals surface area contributed by atoms with Crippen LogP contribution in [0.25, 0.3) is 11.3 Å². The number of aromatic nitrogens is 2. The highest BCUT2D eigenvalue weighted by molar-refractivity contribution is 6.33. The molecular weight excluding hydrogens is 196 g/mol. The summed E-state index contributed by atoms with van der Waals surface area (Å²) in [4.78, 5) is 0. The van der Waals surface area contributed by atoms with Gasteiger partial charge in [0.1, 0.15) is 0 Å². The van der Waals surface area contributed by atoms with Gasteiger partial charge in [-0.1, -0.05) is 23.7 Å². The van der Waals surface area contributed by atoms with Gasteiger partial charge in [-0.3, -0.25) is 4.68 Å². The first-order valence-corrected chi connectivity index (χ1v) is 4.81. The number of aryl methyl sites for hydroxylation is 2. The average molecular weight is 207 g/mol. The van der Waals surface area contributed by atoms with Crippen LogP contribution >= 0.6 is 11.6 Å². The highest BCUT2D eigenvalue weighted by atomic mass is 35.5. The minimum Gasteiger partial charge on any atom is -0.275 e. The van der Waals surface area contributed by atoms with Gasteiger partial charge in [0, 0.05) is 18.8 Å². The Bertz CT molecular complexity index is 440. The molecule has 0 aliphatic rings. The van der Waals surface area contributed by atoms with Crippen molar-refractivity contribution < 1.29 is 0 Å². The lowest BCUT2D eigenvalue weighted by molar-refractivity contribution is 0.771. The molecule has 0 aliphatic carbocycles. The summed E-state index contributed by atoms with van der Waals surface area (Å²) >= 11 is 6.12. The molecule has 72 valence electrons. The Morgan fingerprint density at radius 3 is 2.64 bits per heavy atom. The molecule has 0 atom stereocenters. The number of nitrogens with zero attached hydrogens (tertiary/aromatic N) is 2. The van der Waals surface area contributed by atoms with Crippen molar-refractivity contribution in [1.82, 2.24) is 9.78 Å². The first-order valence-electron chi connectivity index (χ1n) is 4.43. The first-order chi connectivity index (χ1) is 6.68. The van der Waals surface area contributed by atoms with Crippen LogP contribution in [0.4, 0.5) is 0 Å². The minimum atomic E-state index is 0.753. The van der Waals surface area contributed by atoms with Gasteiger partial charge in [-0.2, -0.15) is 5.10 Å². The molecule has 3 heteroatoms. The van der Waals surface area contributed by atoms with E-state index in [1.165, 1.54) is 0 Å². The zero-order chi connectivity index (χ0) is 10.1. The third kappa shape index (κ3) is 1.53. The molecule has 0 saturated carbocycles. The SMILES string of the molecule is Cc1cccc(Cl)c1-c1ccn(C)n1. The zero-order valence-corrected chi connectivity index (χ0v) is 8.92. The van der Waals surface area contributed by atoms with Crippen molar-refractivity contribution >= 4 is 11.6 Å². The molecule has 0 saturated heterocycles. The van der Waals surface area contributed by atoms with Crippen molar-refractivity contribution in [2.24, 2.45) is 7.05 Å². The summed E-state index contributed by atoms with van der Waals surface area (Å²) in [5.74, 6) is 0. The number of hydrogen-bond donors (Lipinski definition) is 0. The topological polar surface area (TPSA) is 17.8 Å². The van der Waals surface area contributed by atoms with Crippen LogP contribution in [0.3, 0.4) is 0 Å².